The summed E-state index contributed by atoms with van der Waals surface area (Å²) in [6.45, 7) is -0.00736. The number of amides is 2. The molecule has 3 saturated carbocycles. The van der Waals surface area contributed by atoms with Crippen molar-refractivity contribution in [1.29, 1.82) is 0 Å². The predicted octanol–water partition coefficient (Wildman–Crippen LogP) is 0.430. The minimum absolute atomic E-state index is 0.00736. The monoisotopic (exact) mass is 268 g/mol. The largest absolute Gasteiger partial charge is 0.479 e. The van der Waals surface area contributed by atoms with E-state index in [1.54, 1.807) is 0 Å². The lowest BCUT2D eigenvalue weighted by Gasteiger charge is -2.14. The number of ether oxygens (including phenoxy) is 1. The van der Waals surface area contributed by atoms with Gasteiger partial charge in [0.15, 0.2) is 6.10 Å². The summed E-state index contributed by atoms with van der Waals surface area (Å²) >= 11 is 0. The van der Waals surface area contributed by atoms with Gasteiger partial charge in [0.05, 0.1) is 6.54 Å². The molecule has 0 heterocycles. The maximum Gasteiger partial charge on any atom is 0.334 e. The number of nitrogens with one attached hydrogen (secondary N) is 2. The van der Waals surface area contributed by atoms with Gasteiger partial charge in [-0.05, 0) is 42.9 Å². The molecular formula is C13H20N2O4. The fraction of sp³-hybridized carbons (Fsp3) is 0.846. The van der Waals surface area contributed by atoms with Gasteiger partial charge in [-0.1, -0.05) is 0 Å². The van der Waals surface area contributed by atoms with Gasteiger partial charge in [-0.2, -0.15) is 0 Å². The van der Waals surface area contributed by atoms with Crippen LogP contribution in [0.2, 0.25) is 0 Å². The molecule has 3 N–H and O–H groups in total. The molecule has 19 heavy (non-hydrogen) atoms. The van der Waals surface area contributed by atoms with E-state index in [2.05, 4.69) is 10.6 Å². The third-order valence-electron chi connectivity index (χ3n) is 5.04. The van der Waals surface area contributed by atoms with Crippen LogP contribution < -0.4 is 10.6 Å². The van der Waals surface area contributed by atoms with Crippen LogP contribution in [0.25, 0.3) is 0 Å². The number of aliphatic carboxylic acids is 1. The molecule has 2 amide bonds. The average molecular weight is 268 g/mol. The SMILES string of the molecule is COC(CNC(=O)NC1C2C3CCC(C3)C12)C(=O)O. The smallest absolute Gasteiger partial charge is 0.334 e. The average Bonchev–Trinajstić information content (AvgIpc) is 2.77. The van der Waals surface area contributed by atoms with Crippen LogP contribution in [0.1, 0.15) is 19.3 Å². The second-order valence-corrected chi connectivity index (χ2v) is 5.93. The first-order chi connectivity index (χ1) is 9.11. The molecule has 6 heteroatoms. The van der Waals surface area contributed by atoms with Gasteiger partial charge < -0.3 is 20.5 Å². The Morgan fingerprint density at radius 2 is 1.95 bits per heavy atom. The number of urea groups is 1. The molecule has 5 unspecified atom stereocenters. The van der Waals surface area contributed by atoms with Gasteiger partial charge in [0.2, 0.25) is 0 Å². The van der Waals surface area contributed by atoms with E-state index in [1.165, 1.54) is 26.4 Å². The number of carboxylic acid groups (broad SMARTS) is 1. The lowest BCUT2D eigenvalue weighted by molar-refractivity contribution is -0.147. The normalized spacial score (nSPS) is 39.5. The fourth-order valence-corrected chi connectivity index (χ4v) is 4.18. The van der Waals surface area contributed by atoms with E-state index in [-0.39, 0.29) is 12.6 Å². The van der Waals surface area contributed by atoms with Crippen LogP contribution in [-0.2, 0) is 9.53 Å². The van der Waals surface area contributed by atoms with Crippen LogP contribution in [0.5, 0.6) is 0 Å². The molecule has 0 radical (unpaired) electrons. The highest BCUT2D eigenvalue weighted by atomic mass is 16.5. The van der Waals surface area contributed by atoms with E-state index in [9.17, 15) is 9.59 Å². The summed E-state index contributed by atoms with van der Waals surface area (Å²) in [7, 11) is 1.32. The molecular weight excluding hydrogens is 248 g/mol. The third-order valence-corrected chi connectivity index (χ3v) is 5.04. The molecule has 0 aromatic heterocycles. The van der Waals surface area contributed by atoms with Gasteiger partial charge in [-0.25, -0.2) is 9.59 Å². The van der Waals surface area contributed by atoms with E-state index in [0.717, 1.165) is 11.8 Å². The number of hydrogen-bond acceptors (Lipinski definition) is 3. The first-order valence-corrected chi connectivity index (χ1v) is 6.91. The zero-order valence-corrected chi connectivity index (χ0v) is 11.0. The van der Waals surface area contributed by atoms with Gasteiger partial charge in [-0.15, -0.1) is 0 Å². The van der Waals surface area contributed by atoms with Crippen LogP contribution in [-0.4, -0.2) is 42.9 Å². The molecule has 3 fully saturated rings. The zero-order valence-electron chi connectivity index (χ0n) is 11.0. The van der Waals surface area contributed by atoms with Crippen molar-refractivity contribution in [2.45, 2.75) is 31.4 Å². The van der Waals surface area contributed by atoms with Crippen LogP contribution in [0.4, 0.5) is 4.79 Å². The highest BCUT2D eigenvalue weighted by Gasteiger charge is 2.65. The Morgan fingerprint density at radius 1 is 1.32 bits per heavy atom. The van der Waals surface area contributed by atoms with Gasteiger partial charge >= 0.3 is 12.0 Å². The van der Waals surface area contributed by atoms with Crippen molar-refractivity contribution in [3.63, 3.8) is 0 Å². The van der Waals surface area contributed by atoms with Gasteiger partial charge in [0.1, 0.15) is 0 Å². The first kappa shape index (κ1) is 12.7. The molecule has 0 aliphatic heterocycles. The van der Waals surface area contributed by atoms with Gasteiger partial charge in [0, 0.05) is 13.2 Å². The lowest BCUT2D eigenvalue weighted by atomic mass is 10.0. The number of hydrogen-bond donors (Lipinski definition) is 3. The van der Waals surface area contributed by atoms with Crippen LogP contribution in [0, 0.1) is 23.7 Å². The third kappa shape index (κ3) is 2.18. The summed E-state index contributed by atoms with van der Waals surface area (Å²) in [6.07, 6.45) is 2.99. The molecule has 3 aliphatic carbocycles. The van der Waals surface area contributed by atoms with E-state index in [4.69, 9.17) is 9.84 Å². The maximum atomic E-state index is 11.7. The molecule has 0 spiro atoms. The second kappa shape index (κ2) is 4.67. The Morgan fingerprint density at radius 3 is 2.47 bits per heavy atom. The zero-order chi connectivity index (χ0) is 13.6. The van der Waals surface area contributed by atoms with Crippen LogP contribution in [0.3, 0.4) is 0 Å². The summed E-state index contributed by atoms with van der Waals surface area (Å²) in [6, 6.07) is 0.0409. The number of fused-ring (bicyclic) bond motifs is 5. The molecule has 2 bridgehead atoms. The topological polar surface area (TPSA) is 87.7 Å². The Bertz CT molecular complexity index is 384. The Balaban J connectivity index is 1.42. The standard InChI is InChI=1S/C13H20N2O4/c1-19-8(12(16)17)5-14-13(18)15-11-9-6-2-3-7(4-6)10(9)11/h6-11H,2-5H2,1H3,(H,16,17)(H2,14,15,18). The summed E-state index contributed by atoms with van der Waals surface area (Å²) < 4.78 is 4.76. The van der Waals surface area contributed by atoms with E-state index < -0.39 is 12.1 Å². The summed E-state index contributed by atoms with van der Waals surface area (Å²) in [4.78, 5) is 22.5. The molecule has 3 rings (SSSR count). The van der Waals surface area contributed by atoms with E-state index in [1.807, 2.05) is 0 Å². The van der Waals surface area contributed by atoms with Crippen molar-refractivity contribution >= 4 is 12.0 Å². The molecule has 3 aliphatic rings. The van der Waals surface area contributed by atoms with Gasteiger partial charge in [0.25, 0.3) is 0 Å². The number of carbonyl (C=O) groups excluding carboxylic acids is 1. The van der Waals surface area contributed by atoms with Crippen LogP contribution >= 0.6 is 0 Å². The van der Waals surface area contributed by atoms with E-state index in [0.29, 0.717) is 17.9 Å². The first-order valence-electron chi connectivity index (χ1n) is 6.91. The second-order valence-electron chi connectivity index (χ2n) is 5.93. The maximum absolute atomic E-state index is 11.7. The van der Waals surface area contributed by atoms with Crippen LogP contribution in [0.15, 0.2) is 0 Å². The highest BCUT2D eigenvalue weighted by Crippen LogP contribution is 2.65. The number of carbonyl (C=O) groups is 2. The Hall–Kier alpha value is -1.30. The summed E-state index contributed by atoms with van der Waals surface area (Å²) in [5.74, 6) is 1.92. The molecule has 106 valence electrons. The molecule has 0 aromatic rings. The summed E-state index contributed by atoms with van der Waals surface area (Å²) in [5, 5.41) is 14.3. The number of methoxy groups -OCH3 is 1. The predicted molar refractivity (Wildman–Crippen MR) is 66.6 cm³/mol. The number of carboxylic acids is 1. The van der Waals surface area contributed by atoms with Crippen molar-refractivity contribution in [2.75, 3.05) is 13.7 Å². The fourth-order valence-electron chi connectivity index (χ4n) is 4.18. The van der Waals surface area contributed by atoms with Gasteiger partial charge in [-0.3, -0.25) is 0 Å². The van der Waals surface area contributed by atoms with Crippen molar-refractivity contribution < 1.29 is 19.4 Å². The highest BCUT2D eigenvalue weighted by molar-refractivity contribution is 5.77. The van der Waals surface area contributed by atoms with Crippen molar-refractivity contribution in [3.05, 3.63) is 0 Å². The lowest BCUT2D eigenvalue weighted by Crippen LogP contribution is -2.44. The molecule has 0 saturated heterocycles. The number of rotatable bonds is 5. The van der Waals surface area contributed by atoms with E-state index >= 15 is 0 Å². The minimum Gasteiger partial charge on any atom is -0.479 e. The van der Waals surface area contributed by atoms with Crippen molar-refractivity contribution in [1.82, 2.24) is 10.6 Å². The quantitative estimate of drug-likeness (QED) is 0.674. The minimum atomic E-state index is -1.07. The molecule has 5 atom stereocenters. The van der Waals surface area contributed by atoms with Crippen molar-refractivity contribution in [3.8, 4) is 0 Å². The molecule has 6 nitrogen and oxygen atoms in total. The van der Waals surface area contributed by atoms with Crippen molar-refractivity contribution in [2.24, 2.45) is 23.7 Å². The molecule has 0 aromatic carbocycles. The Labute approximate surface area is 111 Å². The Kier molecular flexibility index (Phi) is 3.12. The summed E-state index contributed by atoms with van der Waals surface area (Å²) in [5.41, 5.74) is 0.